The van der Waals surface area contributed by atoms with E-state index in [1.165, 1.54) is 13.2 Å². The van der Waals surface area contributed by atoms with E-state index >= 15 is 0 Å². The van der Waals surface area contributed by atoms with Crippen LogP contribution in [0, 0.1) is 0 Å². The van der Waals surface area contributed by atoms with E-state index in [9.17, 15) is 13.2 Å². The van der Waals surface area contributed by atoms with Gasteiger partial charge in [0.15, 0.2) is 0 Å². The molecule has 0 aliphatic carbocycles. The maximum Gasteiger partial charge on any atom is 0.418 e. The molecule has 0 bridgehead atoms. The SMILES string of the molecule is COc1ccc2c(C=Cc3ccccc3)ncc(C(F)(F)F)c2c1. The molecule has 3 rings (SSSR count). The Kier molecular flexibility index (Phi) is 4.25. The summed E-state index contributed by atoms with van der Waals surface area (Å²) in [5, 5.41) is 0.502. The smallest absolute Gasteiger partial charge is 0.418 e. The minimum absolute atomic E-state index is 0.0737. The van der Waals surface area contributed by atoms with Crippen molar-refractivity contribution in [2.45, 2.75) is 6.18 Å². The van der Waals surface area contributed by atoms with Gasteiger partial charge in [-0.05, 0) is 29.8 Å². The third-order valence-electron chi connectivity index (χ3n) is 3.66. The van der Waals surface area contributed by atoms with E-state index in [4.69, 9.17) is 4.74 Å². The van der Waals surface area contributed by atoms with Gasteiger partial charge in [0.25, 0.3) is 0 Å². The molecule has 0 fully saturated rings. The monoisotopic (exact) mass is 329 g/mol. The number of rotatable bonds is 3. The fraction of sp³-hybridized carbons (Fsp3) is 0.105. The number of nitrogens with zero attached hydrogens (tertiary/aromatic N) is 1. The standard InChI is InChI=1S/C19H14F3NO/c1-24-14-8-9-15-16(11-14)17(19(20,21)22)12-23-18(15)10-7-13-5-3-2-4-6-13/h2-12H,1H3. The van der Waals surface area contributed by atoms with Gasteiger partial charge >= 0.3 is 6.18 Å². The van der Waals surface area contributed by atoms with E-state index in [1.807, 2.05) is 36.4 Å². The molecule has 2 aromatic carbocycles. The Morgan fingerprint density at radius 2 is 1.71 bits per heavy atom. The Balaban J connectivity index is 2.15. The van der Waals surface area contributed by atoms with Crippen molar-refractivity contribution < 1.29 is 17.9 Å². The summed E-state index contributed by atoms with van der Waals surface area (Å²) in [4.78, 5) is 4.00. The van der Waals surface area contributed by atoms with Crippen LogP contribution in [-0.2, 0) is 6.18 Å². The van der Waals surface area contributed by atoms with Gasteiger partial charge in [-0.2, -0.15) is 13.2 Å². The fourth-order valence-corrected chi connectivity index (χ4v) is 2.47. The third kappa shape index (κ3) is 3.25. The number of methoxy groups -OCH3 is 1. The number of aromatic nitrogens is 1. The van der Waals surface area contributed by atoms with Crippen LogP contribution in [0.3, 0.4) is 0 Å². The second-order valence-corrected chi connectivity index (χ2v) is 5.21. The third-order valence-corrected chi connectivity index (χ3v) is 3.66. The molecular weight excluding hydrogens is 315 g/mol. The number of pyridine rings is 1. The van der Waals surface area contributed by atoms with E-state index in [0.29, 0.717) is 16.8 Å². The van der Waals surface area contributed by atoms with Crippen molar-refractivity contribution in [1.29, 1.82) is 0 Å². The van der Waals surface area contributed by atoms with Crippen LogP contribution in [0.1, 0.15) is 16.8 Å². The Morgan fingerprint density at radius 3 is 2.38 bits per heavy atom. The fourth-order valence-electron chi connectivity index (χ4n) is 2.47. The summed E-state index contributed by atoms with van der Waals surface area (Å²) in [5.41, 5.74) is 0.652. The van der Waals surface area contributed by atoms with Gasteiger partial charge in [0.2, 0.25) is 0 Å². The quantitative estimate of drug-likeness (QED) is 0.639. The lowest BCUT2D eigenvalue weighted by atomic mass is 10.0. The van der Waals surface area contributed by atoms with Gasteiger partial charge in [-0.25, -0.2) is 0 Å². The maximum absolute atomic E-state index is 13.2. The summed E-state index contributed by atoms with van der Waals surface area (Å²) in [5.74, 6) is 0.372. The minimum atomic E-state index is -4.47. The van der Waals surface area contributed by atoms with Gasteiger partial charge < -0.3 is 4.74 Å². The molecule has 0 saturated carbocycles. The molecule has 3 aromatic rings. The number of ether oxygens (including phenoxy) is 1. The summed E-state index contributed by atoms with van der Waals surface area (Å²) in [6.07, 6.45) is -0.0741. The molecule has 122 valence electrons. The van der Waals surface area contributed by atoms with Crippen molar-refractivity contribution in [1.82, 2.24) is 4.98 Å². The highest BCUT2D eigenvalue weighted by molar-refractivity contribution is 5.94. The Bertz CT molecular complexity index is 886. The number of benzene rings is 2. The Labute approximate surface area is 137 Å². The van der Waals surface area contributed by atoms with Gasteiger partial charge in [-0.1, -0.05) is 36.4 Å². The average molecular weight is 329 g/mol. The molecule has 1 aromatic heterocycles. The molecule has 0 aliphatic heterocycles. The molecule has 0 atom stereocenters. The van der Waals surface area contributed by atoms with Crippen molar-refractivity contribution in [3.63, 3.8) is 0 Å². The van der Waals surface area contributed by atoms with Crippen LogP contribution in [0.15, 0.2) is 54.7 Å². The Hall–Kier alpha value is -2.82. The van der Waals surface area contributed by atoms with Crippen molar-refractivity contribution in [2.75, 3.05) is 7.11 Å². The molecule has 0 radical (unpaired) electrons. The molecule has 24 heavy (non-hydrogen) atoms. The highest BCUT2D eigenvalue weighted by Crippen LogP contribution is 2.36. The lowest BCUT2D eigenvalue weighted by Gasteiger charge is -2.12. The first-order valence-corrected chi connectivity index (χ1v) is 7.26. The highest BCUT2D eigenvalue weighted by Gasteiger charge is 2.33. The van der Waals surface area contributed by atoms with Gasteiger partial charge in [0, 0.05) is 17.0 Å². The van der Waals surface area contributed by atoms with Gasteiger partial charge in [-0.15, -0.1) is 0 Å². The van der Waals surface area contributed by atoms with Crippen molar-refractivity contribution in [2.24, 2.45) is 0 Å². The van der Waals surface area contributed by atoms with Crippen LogP contribution in [0.2, 0.25) is 0 Å². The van der Waals surface area contributed by atoms with Crippen molar-refractivity contribution in [3.05, 3.63) is 71.5 Å². The predicted octanol–water partition coefficient (Wildman–Crippen LogP) is 5.43. The van der Waals surface area contributed by atoms with Crippen LogP contribution < -0.4 is 4.74 Å². The molecule has 5 heteroatoms. The van der Waals surface area contributed by atoms with Crippen LogP contribution in [0.5, 0.6) is 5.75 Å². The summed E-state index contributed by atoms with van der Waals surface area (Å²) in [6.45, 7) is 0. The van der Waals surface area contributed by atoms with E-state index in [2.05, 4.69) is 4.98 Å². The lowest BCUT2D eigenvalue weighted by Crippen LogP contribution is -2.07. The van der Waals surface area contributed by atoms with Gasteiger partial charge in [0.1, 0.15) is 5.75 Å². The van der Waals surface area contributed by atoms with Crippen LogP contribution in [0.25, 0.3) is 22.9 Å². The van der Waals surface area contributed by atoms with Crippen LogP contribution in [-0.4, -0.2) is 12.1 Å². The summed E-state index contributed by atoms with van der Waals surface area (Å²) in [7, 11) is 1.42. The second-order valence-electron chi connectivity index (χ2n) is 5.21. The molecule has 0 unspecified atom stereocenters. The zero-order valence-electron chi connectivity index (χ0n) is 12.8. The first-order chi connectivity index (χ1) is 11.5. The average Bonchev–Trinajstić information content (AvgIpc) is 2.59. The molecule has 2 nitrogen and oxygen atoms in total. The van der Waals surface area contributed by atoms with E-state index < -0.39 is 11.7 Å². The molecule has 0 aliphatic rings. The normalized spacial score (nSPS) is 12.0. The predicted molar refractivity (Wildman–Crippen MR) is 88.7 cm³/mol. The molecular formula is C19H14F3NO. The second kappa shape index (κ2) is 6.35. The zero-order chi connectivity index (χ0) is 17.2. The molecule has 0 amide bonds. The zero-order valence-corrected chi connectivity index (χ0v) is 12.8. The Morgan fingerprint density at radius 1 is 0.958 bits per heavy atom. The van der Waals surface area contributed by atoms with Gasteiger partial charge in [-0.3, -0.25) is 4.98 Å². The van der Waals surface area contributed by atoms with Gasteiger partial charge in [0.05, 0.1) is 18.4 Å². The van der Waals surface area contributed by atoms with E-state index in [0.717, 1.165) is 11.8 Å². The highest BCUT2D eigenvalue weighted by atomic mass is 19.4. The van der Waals surface area contributed by atoms with E-state index in [-0.39, 0.29) is 5.39 Å². The largest absolute Gasteiger partial charge is 0.497 e. The lowest BCUT2D eigenvalue weighted by molar-refractivity contribution is -0.136. The first kappa shape index (κ1) is 16.1. The van der Waals surface area contributed by atoms with Crippen LogP contribution in [0.4, 0.5) is 13.2 Å². The maximum atomic E-state index is 13.2. The molecule has 1 heterocycles. The number of hydrogen-bond acceptors (Lipinski definition) is 2. The summed E-state index contributed by atoms with van der Waals surface area (Å²) >= 11 is 0. The van der Waals surface area contributed by atoms with Crippen molar-refractivity contribution >= 4 is 22.9 Å². The number of alkyl halides is 3. The first-order valence-electron chi connectivity index (χ1n) is 7.26. The number of hydrogen-bond donors (Lipinski definition) is 0. The van der Waals surface area contributed by atoms with E-state index in [1.54, 1.807) is 18.2 Å². The van der Waals surface area contributed by atoms with Crippen LogP contribution >= 0.6 is 0 Å². The summed E-state index contributed by atoms with van der Waals surface area (Å²) < 4.78 is 44.8. The molecule has 0 spiro atoms. The van der Waals surface area contributed by atoms with Crippen molar-refractivity contribution in [3.8, 4) is 5.75 Å². The topological polar surface area (TPSA) is 22.1 Å². The minimum Gasteiger partial charge on any atom is -0.497 e. The summed E-state index contributed by atoms with van der Waals surface area (Å²) in [6, 6.07) is 14.1. The number of fused-ring (bicyclic) bond motifs is 1. The molecule has 0 N–H and O–H groups in total. The number of halogens is 3. The molecule has 0 saturated heterocycles.